The number of hydrogen-bond donors (Lipinski definition) is 17. The molecular weight excluding hydrogens is 1140 g/mol. The van der Waals surface area contributed by atoms with Crippen molar-refractivity contribution in [3.05, 3.63) is 35.9 Å². The van der Waals surface area contributed by atoms with Gasteiger partial charge in [0, 0.05) is 24.3 Å². The Bertz CT molecular complexity index is 2280. The van der Waals surface area contributed by atoms with E-state index in [1.54, 1.807) is 30.3 Å². The third-order valence-corrected chi connectivity index (χ3v) is 16.2. The summed E-state index contributed by atoms with van der Waals surface area (Å²) in [5.74, 6) is -9.79. The summed E-state index contributed by atoms with van der Waals surface area (Å²) in [4.78, 5) is 153. The van der Waals surface area contributed by atoms with Gasteiger partial charge in [0.25, 0.3) is 0 Å². The highest BCUT2D eigenvalue weighted by molar-refractivity contribution is 8.76. The lowest BCUT2D eigenvalue weighted by atomic mass is 10.0. The van der Waals surface area contributed by atoms with Crippen LogP contribution < -0.4 is 87.6 Å². The first-order valence-corrected chi connectivity index (χ1v) is 32.0. The molecule has 0 spiro atoms. The molecule has 0 saturated carbocycles. The first-order chi connectivity index (χ1) is 40.7. The van der Waals surface area contributed by atoms with Crippen LogP contribution in [-0.4, -0.2) is 181 Å². The Balaban J connectivity index is 2.61. The average molecular weight is 1240 g/mol. The maximum Gasteiger partial charge on any atom is 0.245 e. The van der Waals surface area contributed by atoms with Gasteiger partial charge in [0.1, 0.15) is 60.4 Å². The van der Waals surface area contributed by atoms with Crippen LogP contribution in [0.5, 0.6) is 0 Å². The van der Waals surface area contributed by atoms with Crippen molar-refractivity contribution in [2.45, 2.75) is 196 Å². The fourth-order valence-electron chi connectivity index (χ4n) is 8.86. The molecule has 23 N–H and O–H groups in total. The smallest absolute Gasteiger partial charge is 0.245 e. The van der Waals surface area contributed by atoms with E-state index in [0.29, 0.717) is 24.8 Å². The number of unbranched alkanes of at least 4 members (excludes halogenated alkanes) is 7. The number of aliphatic hydroxyl groups is 1. The normalized spacial score (nSPS) is 22.1. The summed E-state index contributed by atoms with van der Waals surface area (Å²) >= 11 is 0. The summed E-state index contributed by atoms with van der Waals surface area (Å²) in [5, 5.41) is 36.8. The van der Waals surface area contributed by atoms with Crippen molar-refractivity contribution < 1.29 is 57.8 Å². The lowest BCUT2D eigenvalue weighted by Crippen LogP contribution is -2.62. The van der Waals surface area contributed by atoms with Gasteiger partial charge < -0.3 is 92.7 Å². The largest absolute Gasteiger partial charge is 0.391 e. The molecular formula is C55H96N16O12S2. The molecule has 1 aliphatic heterocycles. The Morgan fingerprint density at radius 1 is 0.541 bits per heavy atom. The molecule has 1 aromatic carbocycles. The second-order valence-corrected chi connectivity index (χ2v) is 23.5. The van der Waals surface area contributed by atoms with Gasteiger partial charge in [0.15, 0.2) is 0 Å². The number of aliphatic hydroxyl groups excluding tert-OH is 1. The standard InChI is InChI=1S/C55H96N16O12S2/c1-4-6-8-9-10-11-15-19-44(73)62-36(20-25-56)52(80)71-45(33(3)72)55(83)67-40(24-29-60)51(79)70-43-32-85-84-31-42(46(61)74)69-50(78)39(23-28-59)65-48(76)37(21-26-57)64-47(75)35(18-7-5-2)63-53(81)41(30-34-16-13-12-14-17-34)68-49(77)38(22-27-58)66-54(43)82/h12-14,16-17,33,35-43,45,72H,4-11,15,18-32,56-60H2,1-3H3,(H2,61,74)(H,62,73)(H,63,81)(H,64,75)(H,65,76)(H,66,82)(H,67,83)(H,68,77)(H,69,78)(H,70,79)(H,71,80)/t33-,35+,36+,37+,38?,39+,40+,41-,42?,43?,45+/m1/s1. The van der Waals surface area contributed by atoms with Crippen LogP contribution in [0, 0.1) is 0 Å². The molecule has 11 atom stereocenters. The van der Waals surface area contributed by atoms with Crippen molar-refractivity contribution in [3.8, 4) is 0 Å². The van der Waals surface area contributed by atoms with Crippen molar-refractivity contribution in [1.82, 2.24) is 53.2 Å². The van der Waals surface area contributed by atoms with Gasteiger partial charge in [-0.3, -0.25) is 52.7 Å². The molecule has 1 aromatic rings. The molecule has 480 valence electrons. The fourth-order valence-corrected chi connectivity index (χ4v) is 11.2. The molecule has 0 bridgehead atoms. The van der Waals surface area contributed by atoms with E-state index < -0.39 is 132 Å². The van der Waals surface area contributed by atoms with E-state index in [9.17, 15) is 57.8 Å². The Morgan fingerprint density at radius 2 is 1.00 bits per heavy atom. The predicted molar refractivity (Wildman–Crippen MR) is 326 cm³/mol. The highest BCUT2D eigenvalue weighted by atomic mass is 33.1. The maximum absolute atomic E-state index is 14.5. The van der Waals surface area contributed by atoms with Crippen molar-refractivity contribution in [1.29, 1.82) is 0 Å². The van der Waals surface area contributed by atoms with Gasteiger partial charge in [-0.05, 0) is 90.2 Å². The Morgan fingerprint density at radius 3 is 1.51 bits per heavy atom. The van der Waals surface area contributed by atoms with Crippen molar-refractivity contribution in [2.24, 2.45) is 34.4 Å². The monoisotopic (exact) mass is 1240 g/mol. The number of primary amides is 1. The number of carbonyl (C=O) groups is 11. The molecule has 1 aliphatic rings. The van der Waals surface area contributed by atoms with Gasteiger partial charge in [-0.2, -0.15) is 0 Å². The first kappa shape index (κ1) is 74.9. The zero-order valence-electron chi connectivity index (χ0n) is 49.4. The van der Waals surface area contributed by atoms with Gasteiger partial charge in [-0.25, -0.2) is 0 Å². The van der Waals surface area contributed by atoms with Crippen LogP contribution >= 0.6 is 21.6 Å². The van der Waals surface area contributed by atoms with Gasteiger partial charge in [0.05, 0.1) is 6.10 Å². The second-order valence-electron chi connectivity index (χ2n) is 20.9. The molecule has 0 radical (unpaired) electrons. The molecule has 3 unspecified atom stereocenters. The lowest BCUT2D eigenvalue weighted by molar-refractivity contribution is -0.136. The lowest BCUT2D eigenvalue weighted by Gasteiger charge is -2.28. The van der Waals surface area contributed by atoms with Crippen LogP contribution in [0.1, 0.15) is 129 Å². The Kier molecular flexibility index (Phi) is 37.6. The quantitative estimate of drug-likeness (QED) is 0.0245. The zero-order valence-corrected chi connectivity index (χ0v) is 51.1. The minimum absolute atomic E-state index is 0.000754. The number of rotatable bonds is 32. The van der Waals surface area contributed by atoms with E-state index in [1.165, 1.54) is 6.92 Å². The van der Waals surface area contributed by atoms with Gasteiger partial charge in [-0.1, -0.05) is 117 Å². The summed E-state index contributed by atoms with van der Waals surface area (Å²) < 4.78 is 0. The molecule has 30 heteroatoms. The number of nitrogens with two attached hydrogens (primary N) is 6. The van der Waals surface area contributed by atoms with E-state index >= 15 is 0 Å². The summed E-state index contributed by atoms with van der Waals surface area (Å²) in [6.45, 7) is 4.67. The molecule has 1 heterocycles. The number of hydrogen-bond acceptors (Lipinski definition) is 19. The minimum atomic E-state index is -1.67. The van der Waals surface area contributed by atoms with Gasteiger partial charge >= 0.3 is 0 Å². The molecule has 85 heavy (non-hydrogen) atoms. The fraction of sp³-hybridized carbons (Fsp3) is 0.691. The molecule has 11 amide bonds. The average Bonchev–Trinajstić information content (AvgIpc) is 3.69. The van der Waals surface area contributed by atoms with E-state index in [1.807, 2.05) is 6.92 Å². The number of nitrogens with one attached hydrogen (secondary N) is 10. The van der Waals surface area contributed by atoms with Crippen LogP contribution in [0.2, 0.25) is 0 Å². The minimum Gasteiger partial charge on any atom is -0.391 e. The first-order valence-electron chi connectivity index (χ1n) is 29.5. The molecule has 0 aromatic heterocycles. The third-order valence-electron chi connectivity index (χ3n) is 13.8. The third kappa shape index (κ3) is 28.7. The highest BCUT2D eigenvalue weighted by Gasteiger charge is 2.37. The summed E-state index contributed by atoms with van der Waals surface area (Å²) in [5.41, 5.74) is 35.7. The van der Waals surface area contributed by atoms with Crippen LogP contribution in [0.15, 0.2) is 30.3 Å². The van der Waals surface area contributed by atoms with Crippen molar-refractivity contribution in [3.63, 3.8) is 0 Å². The summed E-state index contributed by atoms with van der Waals surface area (Å²) in [6, 6.07) is -5.36. The molecule has 0 aliphatic carbocycles. The Labute approximate surface area is 506 Å². The number of carbonyl (C=O) groups excluding carboxylic acids is 11. The van der Waals surface area contributed by atoms with E-state index in [0.717, 1.165) is 60.1 Å². The predicted octanol–water partition coefficient (Wildman–Crippen LogP) is -3.59. The number of amides is 11. The topological polar surface area (TPSA) is 484 Å². The van der Waals surface area contributed by atoms with Crippen molar-refractivity contribution in [2.75, 3.05) is 44.2 Å². The Hall–Kier alpha value is -6.15. The van der Waals surface area contributed by atoms with E-state index in [2.05, 4.69) is 60.1 Å². The van der Waals surface area contributed by atoms with E-state index in [-0.39, 0.29) is 95.6 Å². The summed E-state index contributed by atoms with van der Waals surface area (Å²) in [7, 11) is 1.87. The zero-order chi connectivity index (χ0) is 63.3. The second kappa shape index (κ2) is 42.6. The summed E-state index contributed by atoms with van der Waals surface area (Å²) in [6.07, 6.45) is 5.86. The van der Waals surface area contributed by atoms with Gasteiger partial charge in [-0.15, -0.1) is 0 Å². The molecule has 28 nitrogen and oxygen atoms in total. The van der Waals surface area contributed by atoms with Crippen molar-refractivity contribution >= 4 is 86.6 Å². The van der Waals surface area contributed by atoms with E-state index in [4.69, 9.17) is 34.4 Å². The van der Waals surface area contributed by atoms with Crippen LogP contribution in [-0.2, 0) is 59.2 Å². The SMILES string of the molecule is CCCCCCCCCC(=O)N[C@@H](CCN)C(=O)N[C@H](C(=O)N[C@@H](CCN)C(=O)NC1CSSCC(C(N)=O)NC(=O)[C@H](CCN)NC(=O)[C@H](CCN)NC(=O)[C@H](CCCC)NC(=O)[C@@H](Cc2ccccc2)NC(=O)C(CCN)NC1=O)[C@@H](C)O. The number of benzene rings is 1. The molecule has 2 rings (SSSR count). The molecule has 1 fully saturated rings. The van der Waals surface area contributed by atoms with Gasteiger partial charge in [0.2, 0.25) is 65.0 Å². The van der Waals surface area contributed by atoms with Crippen LogP contribution in [0.25, 0.3) is 0 Å². The van der Waals surface area contributed by atoms with Crippen LogP contribution in [0.3, 0.4) is 0 Å². The molecule has 1 saturated heterocycles. The van der Waals surface area contributed by atoms with Crippen LogP contribution in [0.4, 0.5) is 0 Å². The maximum atomic E-state index is 14.5. The highest BCUT2D eigenvalue weighted by Crippen LogP contribution is 2.24.